The van der Waals surface area contributed by atoms with Crippen LogP contribution in [0.2, 0.25) is 0 Å². The lowest BCUT2D eigenvalue weighted by atomic mass is 9.92. The number of nitrogens with one attached hydrogen (secondary N) is 1. The molecule has 3 rings (SSSR count). The minimum Gasteiger partial charge on any atom is -0.463 e. The number of rotatable bonds is 7. The first-order valence-electron chi connectivity index (χ1n) is 10.1. The molecule has 32 heavy (non-hydrogen) atoms. The van der Waals surface area contributed by atoms with Crippen molar-refractivity contribution in [2.75, 3.05) is 13.2 Å². The van der Waals surface area contributed by atoms with Crippen LogP contribution in [0.1, 0.15) is 43.8 Å². The summed E-state index contributed by atoms with van der Waals surface area (Å²) in [7, 11) is 0. The van der Waals surface area contributed by atoms with Crippen LogP contribution >= 0.6 is 27.3 Å². The molecular formula is C22H24BrFN4O3S. The van der Waals surface area contributed by atoms with Gasteiger partial charge in [0.2, 0.25) is 0 Å². The van der Waals surface area contributed by atoms with Crippen LogP contribution in [0.3, 0.4) is 0 Å². The summed E-state index contributed by atoms with van der Waals surface area (Å²) in [5, 5.41) is 24.3. The number of halogens is 2. The third kappa shape index (κ3) is 6.00. The zero-order valence-corrected chi connectivity index (χ0v) is 20.3. The minimum absolute atomic E-state index is 0.0842. The van der Waals surface area contributed by atoms with Crippen molar-refractivity contribution in [2.45, 2.75) is 33.2 Å². The number of aliphatic hydroxyl groups excluding tert-OH is 1. The van der Waals surface area contributed by atoms with E-state index in [2.05, 4.69) is 31.2 Å². The lowest BCUT2D eigenvalue weighted by molar-refractivity contribution is -0.139. The Morgan fingerprint density at radius 3 is 2.78 bits per heavy atom. The van der Waals surface area contributed by atoms with Gasteiger partial charge < -0.3 is 15.2 Å². The van der Waals surface area contributed by atoms with Crippen molar-refractivity contribution in [3.05, 3.63) is 61.9 Å². The predicted octanol–water partition coefficient (Wildman–Crippen LogP) is 4.50. The quantitative estimate of drug-likeness (QED) is 0.518. The summed E-state index contributed by atoms with van der Waals surface area (Å²) in [6, 6.07) is 5.34. The third-order valence-corrected chi connectivity index (χ3v) is 5.83. The van der Waals surface area contributed by atoms with E-state index < -0.39 is 23.7 Å². The van der Waals surface area contributed by atoms with Crippen molar-refractivity contribution in [3.63, 3.8) is 0 Å². The molecule has 0 amide bonds. The smallest absolute Gasteiger partial charge is 0.338 e. The fourth-order valence-electron chi connectivity index (χ4n) is 3.00. The van der Waals surface area contributed by atoms with Gasteiger partial charge >= 0.3 is 5.97 Å². The van der Waals surface area contributed by atoms with Crippen LogP contribution in [0.4, 0.5) is 4.39 Å². The molecule has 2 unspecified atom stereocenters. The minimum atomic E-state index is -0.813. The fraction of sp³-hybridized carbons (Fsp3) is 0.364. The van der Waals surface area contributed by atoms with E-state index in [-0.39, 0.29) is 25.2 Å². The highest BCUT2D eigenvalue weighted by Crippen LogP contribution is 2.38. The van der Waals surface area contributed by atoms with Crippen LogP contribution in [-0.4, -0.2) is 35.1 Å². The van der Waals surface area contributed by atoms with E-state index in [9.17, 15) is 19.6 Å². The average Bonchev–Trinajstić information content (AvgIpc) is 3.33. The standard InChI is InChI=1S/C20H18BrFN4O3S.C2H6/c1-2-29-20(28)16-15(7-11(9-23)10-27)25-18(19-24-5-6-30-19)26-17(16)13-4-3-12(22)8-14(13)21;1-2/h3-6,8,11,17,27H,2,7,10H2,1H3,(H,25,26);1-2H3. The van der Waals surface area contributed by atoms with E-state index in [1.807, 2.05) is 19.9 Å². The Hall–Kier alpha value is -2.61. The van der Waals surface area contributed by atoms with Gasteiger partial charge in [0.25, 0.3) is 0 Å². The van der Waals surface area contributed by atoms with Gasteiger partial charge in [0.15, 0.2) is 10.8 Å². The third-order valence-electron chi connectivity index (χ3n) is 4.37. The number of benzene rings is 1. The molecule has 0 spiro atoms. The Kier molecular flexibility index (Phi) is 9.97. The molecule has 0 bridgehead atoms. The number of nitriles is 1. The first-order valence-corrected chi connectivity index (χ1v) is 11.8. The molecule has 2 aromatic rings. The van der Waals surface area contributed by atoms with Crippen molar-refractivity contribution in [1.29, 1.82) is 5.26 Å². The van der Waals surface area contributed by atoms with E-state index in [0.29, 0.717) is 26.6 Å². The van der Waals surface area contributed by atoms with Crippen molar-refractivity contribution >= 4 is 39.1 Å². The monoisotopic (exact) mass is 522 g/mol. The number of hydrogen-bond acceptors (Lipinski definition) is 8. The number of amidine groups is 1. The number of aliphatic hydroxyl groups is 1. The van der Waals surface area contributed by atoms with E-state index in [1.165, 1.54) is 23.5 Å². The van der Waals surface area contributed by atoms with E-state index >= 15 is 0 Å². The number of hydrogen-bond donors (Lipinski definition) is 2. The summed E-state index contributed by atoms with van der Waals surface area (Å²) in [6.45, 7) is 5.47. The lowest BCUT2D eigenvalue weighted by Crippen LogP contribution is -2.35. The van der Waals surface area contributed by atoms with Crippen molar-refractivity contribution in [1.82, 2.24) is 10.3 Å². The molecule has 0 saturated heterocycles. The summed E-state index contributed by atoms with van der Waals surface area (Å²) in [5.74, 6) is -1.35. The molecule has 10 heteroatoms. The largest absolute Gasteiger partial charge is 0.463 e. The number of ether oxygens (including phenoxy) is 1. The van der Waals surface area contributed by atoms with Gasteiger partial charge in [0, 0.05) is 28.2 Å². The SMILES string of the molecule is CC.CCOC(=O)C1=C(CC(C#N)CO)NC(c2nccs2)=NC1c1ccc(F)cc1Br. The normalized spacial score (nSPS) is 16.2. The number of thiazole rings is 1. The van der Waals surface area contributed by atoms with Crippen LogP contribution in [-0.2, 0) is 9.53 Å². The maximum Gasteiger partial charge on any atom is 0.338 e. The van der Waals surface area contributed by atoms with Crippen LogP contribution < -0.4 is 5.32 Å². The Bertz CT molecular complexity index is 1030. The van der Waals surface area contributed by atoms with Gasteiger partial charge in [0.05, 0.1) is 30.8 Å². The molecule has 1 aliphatic heterocycles. The number of allylic oxidation sites excluding steroid dienone is 1. The Balaban J connectivity index is 0.00000176. The van der Waals surface area contributed by atoms with E-state index in [0.717, 1.165) is 0 Å². The zero-order valence-electron chi connectivity index (χ0n) is 17.9. The maximum atomic E-state index is 13.7. The Labute approximate surface area is 198 Å². The summed E-state index contributed by atoms with van der Waals surface area (Å²) < 4.78 is 19.4. The molecule has 2 N–H and O–H groups in total. The summed E-state index contributed by atoms with van der Waals surface area (Å²) in [5.41, 5.74) is 1.18. The lowest BCUT2D eigenvalue weighted by Gasteiger charge is -2.28. The molecule has 1 aliphatic rings. The van der Waals surface area contributed by atoms with Crippen LogP contribution in [0, 0.1) is 23.1 Å². The van der Waals surface area contributed by atoms with Gasteiger partial charge in [-0.05, 0) is 24.6 Å². The summed E-state index contributed by atoms with van der Waals surface area (Å²) >= 11 is 4.71. The summed E-state index contributed by atoms with van der Waals surface area (Å²) in [6.07, 6.45) is 1.71. The number of aromatic nitrogens is 1. The van der Waals surface area contributed by atoms with Crippen LogP contribution in [0.15, 0.2) is 50.5 Å². The summed E-state index contributed by atoms with van der Waals surface area (Å²) in [4.78, 5) is 21.8. The molecule has 2 heterocycles. The van der Waals surface area contributed by atoms with Gasteiger partial charge in [-0.2, -0.15) is 5.26 Å². The molecule has 7 nitrogen and oxygen atoms in total. The number of esters is 1. The van der Waals surface area contributed by atoms with Crippen molar-refractivity contribution in [2.24, 2.45) is 10.9 Å². The second-order valence-electron chi connectivity index (χ2n) is 6.33. The molecular weight excluding hydrogens is 499 g/mol. The van der Waals surface area contributed by atoms with Crippen LogP contribution in [0.25, 0.3) is 0 Å². The van der Waals surface area contributed by atoms with Gasteiger partial charge in [-0.25, -0.2) is 14.2 Å². The molecule has 1 aromatic carbocycles. The first-order chi connectivity index (χ1) is 15.5. The van der Waals surface area contributed by atoms with E-state index in [1.54, 1.807) is 24.6 Å². The van der Waals surface area contributed by atoms with Gasteiger partial charge in [-0.1, -0.05) is 35.8 Å². The maximum absolute atomic E-state index is 13.7. The van der Waals surface area contributed by atoms with Crippen molar-refractivity contribution in [3.8, 4) is 6.07 Å². The topological polar surface area (TPSA) is 108 Å². The molecule has 170 valence electrons. The average molecular weight is 523 g/mol. The number of nitrogens with zero attached hydrogens (tertiary/aromatic N) is 3. The molecule has 1 aromatic heterocycles. The highest BCUT2D eigenvalue weighted by atomic mass is 79.9. The predicted molar refractivity (Wildman–Crippen MR) is 124 cm³/mol. The second kappa shape index (κ2) is 12.4. The van der Waals surface area contributed by atoms with E-state index in [4.69, 9.17) is 4.74 Å². The zero-order chi connectivity index (χ0) is 23.7. The van der Waals surface area contributed by atoms with Gasteiger partial charge in [-0.15, -0.1) is 11.3 Å². The molecule has 0 radical (unpaired) electrons. The fourth-order valence-corrected chi connectivity index (χ4v) is 4.16. The van der Waals surface area contributed by atoms with Gasteiger partial charge in [0.1, 0.15) is 11.9 Å². The van der Waals surface area contributed by atoms with Gasteiger partial charge in [-0.3, -0.25) is 4.99 Å². The number of carbonyl (C=O) groups is 1. The second-order valence-corrected chi connectivity index (χ2v) is 8.08. The number of carbonyl (C=O) groups excluding carboxylic acids is 1. The first kappa shape index (κ1) is 25.6. The highest BCUT2D eigenvalue weighted by Gasteiger charge is 2.34. The molecule has 0 saturated carbocycles. The highest BCUT2D eigenvalue weighted by molar-refractivity contribution is 9.10. The molecule has 2 atom stereocenters. The number of aliphatic imine (C=N–C) groups is 1. The van der Waals surface area contributed by atoms with Crippen LogP contribution in [0.5, 0.6) is 0 Å². The molecule has 0 fully saturated rings. The molecule has 0 aliphatic carbocycles. The Morgan fingerprint density at radius 2 is 2.22 bits per heavy atom. The Morgan fingerprint density at radius 1 is 1.47 bits per heavy atom. The van der Waals surface area contributed by atoms with Crippen molar-refractivity contribution < 1.29 is 19.0 Å².